The number of hydrogen-bond donors (Lipinski definition) is 1. The normalized spacial score (nSPS) is 18.0. The van der Waals surface area contributed by atoms with Crippen LogP contribution >= 0.6 is 23.2 Å². The second-order valence-electron chi connectivity index (χ2n) is 7.18. The Morgan fingerprint density at radius 3 is 2.52 bits per heavy atom. The molecule has 1 N–H and O–H groups in total. The van der Waals surface area contributed by atoms with Crippen LogP contribution in [0.25, 0.3) is 0 Å². The molecule has 0 spiro atoms. The lowest BCUT2D eigenvalue weighted by atomic mass is 9.97. The number of hydrogen-bond acceptors (Lipinski definition) is 3. The molecule has 0 radical (unpaired) electrons. The van der Waals surface area contributed by atoms with Crippen LogP contribution < -0.4 is 5.32 Å². The van der Waals surface area contributed by atoms with E-state index in [2.05, 4.69) is 5.32 Å². The molecule has 7 heteroatoms. The summed E-state index contributed by atoms with van der Waals surface area (Å²) in [5.74, 6) is -0.369. The van der Waals surface area contributed by atoms with Crippen molar-refractivity contribution in [2.45, 2.75) is 45.8 Å². The quantitative estimate of drug-likeness (QED) is 0.843. The highest BCUT2D eigenvalue weighted by Crippen LogP contribution is 2.24. The Morgan fingerprint density at radius 1 is 1.28 bits per heavy atom. The van der Waals surface area contributed by atoms with Gasteiger partial charge in [-0.3, -0.25) is 4.79 Å². The third-order valence-corrected chi connectivity index (χ3v) is 4.65. The summed E-state index contributed by atoms with van der Waals surface area (Å²) in [4.78, 5) is 26.3. The van der Waals surface area contributed by atoms with Gasteiger partial charge in [0.25, 0.3) is 0 Å². The Hall–Kier alpha value is -1.46. The summed E-state index contributed by atoms with van der Waals surface area (Å²) in [6.07, 6.45) is 1.13. The van der Waals surface area contributed by atoms with E-state index in [4.69, 9.17) is 27.9 Å². The standard InChI is InChI=1S/C18H24Cl2N2O3/c1-18(2,3)25-17(24)22-9-5-6-12(11-22)16(23)21-10-13-14(19)7-4-8-15(13)20/h4,7-8,12H,5-6,9-11H2,1-3H3,(H,21,23). The van der Waals surface area contributed by atoms with Crippen molar-refractivity contribution in [3.8, 4) is 0 Å². The van der Waals surface area contributed by atoms with Crippen LogP contribution in [0.15, 0.2) is 18.2 Å². The topological polar surface area (TPSA) is 58.6 Å². The smallest absolute Gasteiger partial charge is 0.410 e. The van der Waals surface area contributed by atoms with Crippen molar-refractivity contribution in [2.24, 2.45) is 5.92 Å². The number of carbonyl (C=O) groups excluding carboxylic acids is 2. The number of piperidine rings is 1. The Balaban J connectivity index is 1.92. The van der Waals surface area contributed by atoms with Crippen LogP contribution in [-0.2, 0) is 16.1 Å². The van der Waals surface area contributed by atoms with E-state index in [-0.39, 0.29) is 24.5 Å². The van der Waals surface area contributed by atoms with Crippen LogP contribution in [0.4, 0.5) is 4.79 Å². The number of nitrogens with one attached hydrogen (secondary N) is 1. The number of ether oxygens (including phenoxy) is 1. The number of rotatable bonds is 3. The second-order valence-corrected chi connectivity index (χ2v) is 8.00. The van der Waals surface area contributed by atoms with Gasteiger partial charge in [0.2, 0.25) is 5.91 Å². The Morgan fingerprint density at radius 2 is 1.92 bits per heavy atom. The van der Waals surface area contributed by atoms with Crippen molar-refractivity contribution in [3.63, 3.8) is 0 Å². The van der Waals surface area contributed by atoms with Gasteiger partial charge >= 0.3 is 6.09 Å². The van der Waals surface area contributed by atoms with Crippen LogP contribution in [0, 0.1) is 5.92 Å². The van der Waals surface area contributed by atoms with Gasteiger partial charge in [0.1, 0.15) is 5.60 Å². The van der Waals surface area contributed by atoms with E-state index in [1.54, 1.807) is 23.1 Å². The molecule has 1 unspecified atom stereocenters. The van der Waals surface area contributed by atoms with Crippen molar-refractivity contribution in [3.05, 3.63) is 33.8 Å². The van der Waals surface area contributed by atoms with E-state index < -0.39 is 5.60 Å². The molecule has 0 saturated carbocycles. The Labute approximate surface area is 158 Å². The first-order valence-electron chi connectivity index (χ1n) is 8.36. The summed E-state index contributed by atoms with van der Waals surface area (Å²) in [6.45, 7) is 6.71. The molecular weight excluding hydrogens is 363 g/mol. The lowest BCUT2D eigenvalue weighted by molar-refractivity contribution is -0.126. The molecule has 1 fully saturated rings. The van der Waals surface area contributed by atoms with E-state index >= 15 is 0 Å². The number of carbonyl (C=O) groups is 2. The fourth-order valence-electron chi connectivity index (χ4n) is 2.70. The van der Waals surface area contributed by atoms with E-state index in [0.717, 1.165) is 12.8 Å². The van der Waals surface area contributed by atoms with Crippen LogP contribution in [0.2, 0.25) is 10.0 Å². The van der Waals surface area contributed by atoms with Gasteiger partial charge in [-0.15, -0.1) is 0 Å². The van der Waals surface area contributed by atoms with Gasteiger partial charge in [-0.25, -0.2) is 4.79 Å². The molecule has 1 aliphatic rings. The Kier molecular flexibility index (Phi) is 6.58. The maximum Gasteiger partial charge on any atom is 0.410 e. The fourth-order valence-corrected chi connectivity index (χ4v) is 3.24. The molecule has 0 aromatic heterocycles. The van der Waals surface area contributed by atoms with Crippen LogP contribution in [0.3, 0.4) is 0 Å². The number of likely N-dealkylation sites (tertiary alicyclic amines) is 1. The predicted octanol–water partition coefficient (Wildman–Crippen LogP) is 4.26. The minimum absolute atomic E-state index is 0.107. The van der Waals surface area contributed by atoms with E-state index in [1.165, 1.54) is 0 Å². The zero-order valence-electron chi connectivity index (χ0n) is 14.8. The molecule has 1 heterocycles. The highest BCUT2D eigenvalue weighted by Gasteiger charge is 2.31. The number of nitrogens with zero attached hydrogens (tertiary/aromatic N) is 1. The van der Waals surface area contributed by atoms with Gasteiger partial charge in [-0.05, 0) is 45.7 Å². The van der Waals surface area contributed by atoms with Gasteiger partial charge in [0.15, 0.2) is 0 Å². The van der Waals surface area contributed by atoms with Gasteiger partial charge < -0.3 is 15.0 Å². The predicted molar refractivity (Wildman–Crippen MR) is 98.8 cm³/mol. The summed E-state index contributed by atoms with van der Waals surface area (Å²) >= 11 is 12.2. The zero-order chi connectivity index (χ0) is 18.6. The van der Waals surface area contributed by atoms with Gasteiger partial charge in [-0.1, -0.05) is 29.3 Å². The minimum Gasteiger partial charge on any atom is -0.444 e. The van der Waals surface area contributed by atoms with Crippen LogP contribution in [0.1, 0.15) is 39.2 Å². The first kappa shape index (κ1) is 19.9. The SMILES string of the molecule is CC(C)(C)OC(=O)N1CCCC(C(=O)NCc2c(Cl)cccc2Cl)C1. The molecule has 25 heavy (non-hydrogen) atoms. The second kappa shape index (κ2) is 8.28. The van der Waals surface area contributed by atoms with E-state index in [1.807, 2.05) is 20.8 Å². The van der Waals surface area contributed by atoms with Crippen molar-refractivity contribution in [1.29, 1.82) is 0 Å². The average molecular weight is 387 g/mol. The third kappa shape index (κ3) is 5.79. The first-order valence-corrected chi connectivity index (χ1v) is 9.11. The molecule has 2 rings (SSSR count). The van der Waals surface area contributed by atoms with Gasteiger partial charge in [-0.2, -0.15) is 0 Å². The molecule has 0 bridgehead atoms. The van der Waals surface area contributed by atoms with Crippen molar-refractivity contribution >= 4 is 35.2 Å². The third-order valence-electron chi connectivity index (χ3n) is 3.94. The summed E-state index contributed by atoms with van der Waals surface area (Å²) in [5, 5.41) is 3.91. The molecule has 1 aliphatic heterocycles. The summed E-state index contributed by atoms with van der Waals surface area (Å²) in [6, 6.07) is 5.23. The minimum atomic E-state index is -0.549. The first-order chi connectivity index (χ1) is 11.7. The maximum atomic E-state index is 12.5. The summed E-state index contributed by atoms with van der Waals surface area (Å²) in [7, 11) is 0. The molecule has 2 amide bonds. The number of halogens is 2. The van der Waals surface area contributed by atoms with Gasteiger partial charge in [0, 0.05) is 35.2 Å². The van der Waals surface area contributed by atoms with Crippen molar-refractivity contribution < 1.29 is 14.3 Å². The largest absolute Gasteiger partial charge is 0.444 e. The number of benzene rings is 1. The van der Waals surface area contributed by atoms with Gasteiger partial charge in [0.05, 0.1) is 5.92 Å². The average Bonchev–Trinajstić information content (AvgIpc) is 2.52. The van der Waals surface area contributed by atoms with Crippen LogP contribution in [0.5, 0.6) is 0 Å². The summed E-state index contributed by atoms with van der Waals surface area (Å²) < 4.78 is 5.39. The monoisotopic (exact) mass is 386 g/mol. The molecule has 1 aromatic rings. The Bertz CT molecular complexity index is 623. The molecule has 0 aliphatic carbocycles. The zero-order valence-corrected chi connectivity index (χ0v) is 16.3. The molecule has 1 atom stereocenters. The highest BCUT2D eigenvalue weighted by molar-refractivity contribution is 6.36. The van der Waals surface area contributed by atoms with Crippen LogP contribution in [-0.4, -0.2) is 35.6 Å². The van der Waals surface area contributed by atoms with E-state index in [9.17, 15) is 9.59 Å². The lowest BCUT2D eigenvalue weighted by Crippen LogP contribution is -2.46. The lowest BCUT2D eigenvalue weighted by Gasteiger charge is -2.33. The summed E-state index contributed by atoms with van der Waals surface area (Å²) in [5.41, 5.74) is 0.145. The highest BCUT2D eigenvalue weighted by atomic mass is 35.5. The van der Waals surface area contributed by atoms with Crippen molar-refractivity contribution in [1.82, 2.24) is 10.2 Å². The van der Waals surface area contributed by atoms with Crippen molar-refractivity contribution in [2.75, 3.05) is 13.1 Å². The molecule has 138 valence electrons. The maximum absolute atomic E-state index is 12.5. The van der Waals surface area contributed by atoms with E-state index in [0.29, 0.717) is 28.7 Å². The molecular formula is C18H24Cl2N2O3. The molecule has 1 aromatic carbocycles. The number of amides is 2. The fraction of sp³-hybridized carbons (Fsp3) is 0.556. The molecule has 1 saturated heterocycles. The molecule has 5 nitrogen and oxygen atoms in total.